The van der Waals surface area contributed by atoms with Gasteiger partial charge in [0.15, 0.2) is 0 Å². The van der Waals surface area contributed by atoms with Crippen LogP contribution in [-0.2, 0) is 4.79 Å². The van der Waals surface area contributed by atoms with Crippen molar-refractivity contribution in [3.63, 3.8) is 0 Å². The van der Waals surface area contributed by atoms with Crippen molar-refractivity contribution in [2.24, 2.45) is 0 Å². The van der Waals surface area contributed by atoms with Crippen LogP contribution in [0.25, 0.3) is 0 Å². The predicted octanol–water partition coefficient (Wildman–Crippen LogP) is 2.81. The van der Waals surface area contributed by atoms with E-state index in [1.807, 2.05) is 19.1 Å². The van der Waals surface area contributed by atoms with E-state index < -0.39 is 0 Å². The fourth-order valence-corrected chi connectivity index (χ4v) is 1.39. The van der Waals surface area contributed by atoms with E-state index in [1.54, 1.807) is 6.07 Å². The molecule has 1 aromatic carbocycles. The number of benzene rings is 1. The summed E-state index contributed by atoms with van der Waals surface area (Å²) in [5.74, 6) is 0.652. The largest absolute Gasteiger partial charge is 0.494 e. The smallest absolute Gasteiger partial charge is 0.221 e. The molecule has 76 valence electrons. The van der Waals surface area contributed by atoms with Crippen LogP contribution in [0.15, 0.2) is 22.7 Å². The first kappa shape index (κ1) is 11.0. The van der Waals surface area contributed by atoms with E-state index in [4.69, 9.17) is 4.74 Å². The summed E-state index contributed by atoms with van der Waals surface area (Å²) in [5, 5.41) is 2.71. The van der Waals surface area contributed by atoms with Crippen molar-refractivity contribution in [3.8, 4) is 5.75 Å². The first-order valence-electron chi connectivity index (χ1n) is 4.33. The van der Waals surface area contributed by atoms with Crippen molar-refractivity contribution < 1.29 is 9.53 Å². The van der Waals surface area contributed by atoms with Crippen LogP contribution >= 0.6 is 15.9 Å². The van der Waals surface area contributed by atoms with Gasteiger partial charge in [0, 0.05) is 17.5 Å². The molecule has 0 spiro atoms. The molecule has 0 fully saturated rings. The number of hydrogen-bond donors (Lipinski definition) is 1. The molecule has 0 heterocycles. The molecule has 14 heavy (non-hydrogen) atoms. The number of rotatable bonds is 3. The number of amides is 1. The van der Waals surface area contributed by atoms with E-state index in [-0.39, 0.29) is 5.91 Å². The summed E-state index contributed by atoms with van der Waals surface area (Å²) in [4.78, 5) is 10.9. The van der Waals surface area contributed by atoms with Crippen LogP contribution in [0.5, 0.6) is 5.75 Å². The highest BCUT2D eigenvalue weighted by Gasteiger charge is 2.03. The Morgan fingerprint density at radius 3 is 2.86 bits per heavy atom. The van der Waals surface area contributed by atoms with Crippen LogP contribution in [0.3, 0.4) is 0 Å². The first-order valence-corrected chi connectivity index (χ1v) is 5.12. The van der Waals surface area contributed by atoms with Gasteiger partial charge in [0.05, 0.1) is 12.3 Å². The van der Waals surface area contributed by atoms with Gasteiger partial charge in [0.1, 0.15) is 5.75 Å². The Morgan fingerprint density at radius 1 is 1.57 bits per heavy atom. The molecule has 0 aromatic heterocycles. The highest BCUT2D eigenvalue weighted by molar-refractivity contribution is 9.10. The van der Waals surface area contributed by atoms with Gasteiger partial charge in [-0.25, -0.2) is 0 Å². The average molecular weight is 258 g/mol. The molecular formula is C10H12BrNO2. The van der Waals surface area contributed by atoms with E-state index in [2.05, 4.69) is 21.2 Å². The summed E-state index contributed by atoms with van der Waals surface area (Å²) in [5.41, 5.74) is 0.725. The third-order valence-corrected chi connectivity index (χ3v) is 2.25. The molecule has 4 heteroatoms. The van der Waals surface area contributed by atoms with E-state index in [9.17, 15) is 4.79 Å². The van der Waals surface area contributed by atoms with Gasteiger partial charge in [-0.3, -0.25) is 4.79 Å². The summed E-state index contributed by atoms with van der Waals surface area (Å²) in [6.45, 7) is 4.00. The van der Waals surface area contributed by atoms with Gasteiger partial charge < -0.3 is 10.1 Å². The molecule has 1 rings (SSSR count). The van der Waals surface area contributed by atoms with E-state index >= 15 is 0 Å². The van der Waals surface area contributed by atoms with Crippen LogP contribution in [-0.4, -0.2) is 12.5 Å². The lowest BCUT2D eigenvalue weighted by Crippen LogP contribution is -2.06. The van der Waals surface area contributed by atoms with Gasteiger partial charge in [0.25, 0.3) is 0 Å². The molecule has 0 radical (unpaired) electrons. The number of hydrogen-bond acceptors (Lipinski definition) is 2. The fourth-order valence-electron chi connectivity index (χ4n) is 1.05. The zero-order valence-corrected chi connectivity index (χ0v) is 9.72. The predicted molar refractivity (Wildman–Crippen MR) is 59.6 cm³/mol. The SMILES string of the molecule is CCOc1ccc(Br)c(NC(C)=O)c1. The Kier molecular flexibility index (Phi) is 3.95. The van der Waals surface area contributed by atoms with Gasteiger partial charge in [-0.05, 0) is 35.0 Å². The molecule has 0 saturated carbocycles. The third-order valence-electron chi connectivity index (χ3n) is 1.56. The van der Waals surface area contributed by atoms with Crippen molar-refractivity contribution in [1.82, 2.24) is 0 Å². The van der Waals surface area contributed by atoms with Crippen molar-refractivity contribution in [2.75, 3.05) is 11.9 Å². The van der Waals surface area contributed by atoms with Crippen molar-refractivity contribution in [1.29, 1.82) is 0 Å². The molecule has 0 aliphatic carbocycles. The summed E-state index contributed by atoms with van der Waals surface area (Å²) < 4.78 is 6.15. The molecule has 0 aliphatic rings. The minimum atomic E-state index is -0.0978. The number of anilines is 1. The maximum Gasteiger partial charge on any atom is 0.221 e. The highest BCUT2D eigenvalue weighted by Crippen LogP contribution is 2.27. The first-order chi connectivity index (χ1) is 6.63. The van der Waals surface area contributed by atoms with Crippen LogP contribution in [0.2, 0.25) is 0 Å². The second-order valence-electron chi connectivity index (χ2n) is 2.76. The molecule has 0 aliphatic heterocycles. The zero-order valence-electron chi connectivity index (χ0n) is 8.13. The van der Waals surface area contributed by atoms with E-state index in [0.717, 1.165) is 15.9 Å². The molecule has 1 amide bonds. The Balaban J connectivity index is 2.90. The monoisotopic (exact) mass is 257 g/mol. The van der Waals surface area contributed by atoms with Gasteiger partial charge in [0.2, 0.25) is 5.91 Å². The highest BCUT2D eigenvalue weighted by atomic mass is 79.9. The summed E-state index contributed by atoms with van der Waals surface area (Å²) in [6, 6.07) is 5.48. The van der Waals surface area contributed by atoms with Crippen LogP contribution in [0.4, 0.5) is 5.69 Å². The third kappa shape index (κ3) is 3.03. The lowest BCUT2D eigenvalue weighted by atomic mass is 10.3. The van der Waals surface area contributed by atoms with Gasteiger partial charge in [-0.15, -0.1) is 0 Å². The number of ether oxygens (including phenoxy) is 1. The summed E-state index contributed by atoms with van der Waals surface area (Å²) in [7, 11) is 0. The number of nitrogens with one attached hydrogen (secondary N) is 1. The van der Waals surface area contributed by atoms with Crippen molar-refractivity contribution in [2.45, 2.75) is 13.8 Å². The average Bonchev–Trinajstić information content (AvgIpc) is 2.10. The van der Waals surface area contributed by atoms with Crippen LogP contribution in [0, 0.1) is 0 Å². The summed E-state index contributed by atoms with van der Waals surface area (Å²) >= 11 is 3.34. The molecule has 1 N–H and O–H groups in total. The molecule has 0 unspecified atom stereocenters. The Bertz CT molecular complexity index is 339. The zero-order chi connectivity index (χ0) is 10.6. The lowest BCUT2D eigenvalue weighted by Gasteiger charge is -2.08. The fraction of sp³-hybridized carbons (Fsp3) is 0.300. The topological polar surface area (TPSA) is 38.3 Å². The van der Waals surface area contributed by atoms with E-state index in [1.165, 1.54) is 6.92 Å². The molecule has 3 nitrogen and oxygen atoms in total. The lowest BCUT2D eigenvalue weighted by molar-refractivity contribution is -0.114. The molecule has 0 saturated heterocycles. The number of halogens is 1. The van der Waals surface area contributed by atoms with Crippen LogP contribution < -0.4 is 10.1 Å². The minimum Gasteiger partial charge on any atom is -0.494 e. The number of carbonyl (C=O) groups excluding carboxylic acids is 1. The maximum atomic E-state index is 10.9. The van der Waals surface area contributed by atoms with Gasteiger partial charge in [-0.1, -0.05) is 0 Å². The van der Waals surface area contributed by atoms with Crippen molar-refractivity contribution in [3.05, 3.63) is 22.7 Å². The van der Waals surface area contributed by atoms with Crippen LogP contribution in [0.1, 0.15) is 13.8 Å². The second kappa shape index (κ2) is 5.00. The molecule has 1 aromatic rings. The van der Waals surface area contributed by atoms with Crippen molar-refractivity contribution >= 4 is 27.5 Å². The van der Waals surface area contributed by atoms with Gasteiger partial charge in [-0.2, -0.15) is 0 Å². The molecule has 0 bridgehead atoms. The Labute approximate surface area is 91.6 Å². The molecular weight excluding hydrogens is 246 g/mol. The number of carbonyl (C=O) groups is 1. The second-order valence-corrected chi connectivity index (χ2v) is 3.61. The normalized spacial score (nSPS) is 9.64. The summed E-state index contributed by atoms with van der Waals surface area (Å²) in [6.07, 6.45) is 0. The van der Waals surface area contributed by atoms with Gasteiger partial charge >= 0.3 is 0 Å². The Hall–Kier alpha value is -1.03. The van der Waals surface area contributed by atoms with E-state index in [0.29, 0.717) is 6.61 Å². The molecule has 0 atom stereocenters. The quantitative estimate of drug-likeness (QED) is 0.905. The maximum absolute atomic E-state index is 10.9. The Morgan fingerprint density at radius 2 is 2.29 bits per heavy atom. The minimum absolute atomic E-state index is 0.0978. The standard InChI is InChI=1S/C10H12BrNO2/c1-3-14-8-4-5-9(11)10(6-8)12-7(2)13/h4-6H,3H2,1-2H3,(H,12,13).